The van der Waals surface area contributed by atoms with E-state index in [0.717, 1.165) is 27.4 Å². The van der Waals surface area contributed by atoms with Crippen molar-refractivity contribution in [3.8, 4) is 0 Å². The van der Waals surface area contributed by atoms with Gasteiger partial charge in [-0.05, 0) is 50.5 Å². The molecule has 0 saturated heterocycles. The van der Waals surface area contributed by atoms with Gasteiger partial charge >= 0.3 is 0 Å². The summed E-state index contributed by atoms with van der Waals surface area (Å²) in [6.45, 7) is 8.09. The first-order valence-corrected chi connectivity index (χ1v) is 7.87. The van der Waals surface area contributed by atoms with Gasteiger partial charge in [-0.1, -0.05) is 35.5 Å². The minimum atomic E-state index is -0.00238. The van der Waals surface area contributed by atoms with Gasteiger partial charge in [0, 0.05) is 11.9 Å². The summed E-state index contributed by atoms with van der Waals surface area (Å²) in [6, 6.07) is 8.10. The Balaban J connectivity index is 1.97. The van der Waals surface area contributed by atoms with Gasteiger partial charge < -0.3 is 5.32 Å². The van der Waals surface area contributed by atoms with Crippen LogP contribution in [0.15, 0.2) is 35.5 Å². The number of thioether (sulfide) groups is 1. The maximum atomic E-state index is 12.1. The van der Waals surface area contributed by atoms with E-state index in [-0.39, 0.29) is 5.91 Å². The van der Waals surface area contributed by atoms with Gasteiger partial charge in [0.1, 0.15) is 0 Å². The predicted octanol–water partition coefficient (Wildman–Crippen LogP) is 4.05. The second kappa shape index (κ2) is 6.76. The van der Waals surface area contributed by atoms with E-state index in [1.54, 1.807) is 0 Å². The van der Waals surface area contributed by atoms with Crippen molar-refractivity contribution in [2.24, 2.45) is 0 Å². The van der Waals surface area contributed by atoms with E-state index >= 15 is 0 Å². The molecule has 21 heavy (non-hydrogen) atoms. The molecule has 1 aromatic heterocycles. The number of carbonyl (C=O) groups excluding carboxylic acids is 1. The van der Waals surface area contributed by atoms with Gasteiger partial charge in [-0.3, -0.25) is 4.79 Å². The quantitative estimate of drug-likeness (QED) is 0.866. The number of pyridine rings is 1. The molecule has 3 nitrogen and oxygen atoms in total. The molecular weight excluding hydrogens is 280 g/mol. The predicted molar refractivity (Wildman–Crippen MR) is 89.0 cm³/mol. The summed E-state index contributed by atoms with van der Waals surface area (Å²) >= 11 is 1.45. The highest BCUT2D eigenvalue weighted by Crippen LogP contribution is 2.23. The normalized spacial score (nSPS) is 10.5. The van der Waals surface area contributed by atoms with Crippen molar-refractivity contribution in [3.05, 3.63) is 52.7 Å². The number of hydrogen-bond donors (Lipinski definition) is 1. The summed E-state index contributed by atoms with van der Waals surface area (Å²) in [4.78, 5) is 16.4. The number of rotatable bonds is 4. The van der Waals surface area contributed by atoms with Crippen LogP contribution in [-0.2, 0) is 4.79 Å². The molecule has 0 bridgehead atoms. The largest absolute Gasteiger partial charge is 0.325 e. The topological polar surface area (TPSA) is 42.0 Å². The summed E-state index contributed by atoms with van der Waals surface area (Å²) < 4.78 is 0. The summed E-state index contributed by atoms with van der Waals surface area (Å²) in [7, 11) is 0. The van der Waals surface area contributed by atoms with Crippen molar-refractivity contribution in [1.82, 2.24) is 4.98 Å². The first-order chi connectivity index (χ1) is 9.95. The number of carbonyl (C=O) groups is 1. The Morgan fingerprint density at radius 1 is 1.10 bits per heavy atom. The minimum Gasteiger partial charge on any atom is -0.325 e. The van der Waals surface area contributed by atoms with Gasteiger partial charge in [0.05, 0.1) is 10.8 Å². The van der Waals surface area contributed by atoms with Crippen molar-refractivity contribution in [2.45, 2.75) is 32.7 Å². The lowest BCUT2D eigenvalue weighted by atomic mass is 10.1. The summed E-state index contributed by atoms with van der Waals surface area (Å²) in [6.07, 6.45) is 1.81. The van der Waals surface area contributed by atoms with Crippen LogP contribution in [-0.4, -0.2) is 16.6 Å². The maximum absolute atomic E-state index is 12.1. The fraction of sp³-hybridized carbons (Fsp3) is 0.294. The molecule has 0 unspecified atom stereocenters. The Hall–Kier alpha value is -1.81. The van der Waals surface area contributed by atoms with Crippen molar-refractivity contribution >= 4 is 23.4 Å². The van der Waals surface area contributed by atoms with Crippen LogP contribution in [0.1, 0.15) is 22.3 Å². The van der Waals surface area contributed by atoms with Crippen molar-refractivity contribution < 1.29 is 4.79 Å². The molecule has 0 spiro atoms. The van der Waals surface area contributed by atoms with Crippen LogP contribution < -0.4 is 5.32 Å². The van der Waals surface area contributed by atoms with Crippen LogP contribution in [0, 0.1) is 27.7 Å². The standard InChI is InChI=1S/C17H20N2OS/c1-11-5-6-16(18-9-11)21-10-15(20)19-17-13(3)7-12(2)8-14(17)4/h5-9H,10H2,1-4H3,(H,19,20). The molecule has 0 radical (unpaired) electrons. The van der Waals surface area contributed by atoms with E-state index in [4.69, 9.17) is 0 Å². The summed E-state index contributed by atoms with van der Waals surface area (Å²) in [5.74, 6) is 0.362. The van der Waals surface area contributed by atoms with Crippen LogP contribution in [0.5, 0.6) is 0 Å². The second-order valence-electron chi connectivity index (χ2n) is 5.28. The number of anilines is 1. The summed E-state index contributed by atoms with van der Waals surface area (Å²) in [5.41, 5.74) is 5.44. The smallest absolute Gasteiger partial charge is 0.234 e. The lowest BCUT2D eigenvalue weighted by Gasteiger charge is -2.12. The van der Waals surface area contributed by atoms with Crippen LogP contribution in [0.2, 0.25) is 0 Å². The molecule has 1 aromatic carbocycles. The Morgan fingerprint density at radius 2 is 1.76 bits per heavy atom. The van der Waals surface area contributed by atoms with E-state index in [2.05, 4.69) is 29.4 Å². The first-order valence-electron chi connectivity index (χ1n) is 6.89. The second-order valence-corrected chi connectivity index (χ2v) is 6.28. The van der Waals surface area contributed by atoms with E-state index in [1.165, 1.54) is 17.3 Å². The molecule has 0 saturated carbocycles. The zero-order valence-corrected chi connectivity index (χ0v) is 13.7. The van der Waals surface area contributed by atoms with E-state index in [1.807, 2.05) is 39.1 Å². The Labute approximate surface area is 130 Å². The number of nitrogens with one attached hydrogen (secondary N) is 1. The first kappa shape index (κ1) is 15.6. The Morgan fingerprint density at radius 3 is 2.33 bits per heavy atom. The third-order valence-corrected chi connectivity index (χ3v) is 4.12. The lowest BCUT2D eigenvalue weighted by molar-refractivity contribution is -0.113. The van der Waals surface area contributed by atoms with Gasteiger partial charge in [0.15, 0.2) is 0 Å². The zero-order valence-electron chi connectivity index (χ0n) is 12.9. The Kier molecular flexibility index (Phi) is 5.02. The third kappa shape index (κ3) is 4.33. The third-order valence-electron chi connectivity index (χ3n) is 3.18. The zero-order chi connectivity index (χ0) is 15.4. The molecule has 0 fully saturated rings. The molecule has 1 N–H and O–H groups in total. The van der Waals surface area contributed by atoms with E-state index < -0.39 is 0 Å². The van der Waals surface area contributed by atoms with Gasteiger partial charge in [0.25, 0.3) is 0 Å². The average molecular weight is 300 g/mol. The van der Waals surface area contributed by atoms with Crippen molar-refractivity contribution in [3.63, 3.8) is 0 Å². The van der Waals surface area contributed by atoms with E-state index in [9.17, 15) is 4.79 Å². The molecule has 4 heteroatoms. The van der Waals surface area contributed by atoms with Crippen molar-refractivity contribution in [1.29, 1.82) is 0 Å². The molecule has 0 atom stereocenters. The number of nitrogens with zero attached hydrogens (tertiary/aromatic N) is 1. The van der Waals surface area contributed by atoms with Gasteiger partial charge in [-0.15, -0.1) is 0 Å². The van der Waals surface area contributed by atoms with Gasteiger partial charge in [0.2, 0.25) is 5.91 Å². The van der Waals surface area contributed by atoms with Crippen LogP contribution >= 0.6 is 11.8 Å². The highest BCUT2D eigenvalue weighted by atomic mass is 32.2. The molecule has 2 rings (SSSR count). The number of aryl methyl sites for hydroxylation is 4. The fourth-order valence-corrected chi connectivity index (χ4v) is 2.87. The number of amides is 1. The molecule has 0 aliphatic heterocycles. The van der Waals surface area contributed by atoms with E-state index in [0.29, 0.717) is 5.75 Å². The molecule has 0 aliphatic rings. The maximum Gasteiger partial charge on any atom is 0.234 e. The molecule has 110 valence electrons. The minimum absolute atomic E-state index is 0.00238. The average Bonchev–Trinajstić information content (AvgIpc) is 2.42. The molecule has 0 aliphatic carbocycles. The fourth-order valence-electron chi connectivity index (χ4n) is 2.23. The molecule has 2 aromatic rings. The van der Waals surface area contributed by atoms with Gasteiger partial charge in [-0.2, -0.15) is 0 Å². The van der Waals surface area contributed by atoms with Crippen molar-refractivity contribution in [2.75, 3.05) is 11.1 Å². The molecular formula is C17H20N2OS. The monoisotopic (exact) mass is 300 g/mol. The highest BCUT2D eigenvalue weighted by molar-refractivity contribution is 7.99. The van der Waals surface area contributed by atoms with Crippen LogP contribution in [0.4, 0.5) is 5.69 Å². The lowest BCUT2D eigenvalue weighted by Crippen LogP contribution is -2.16. The Bertz CT molecular complexity index is 627. The molecule has 1 amide bonds. The number of hydrogen-bond acceptors (Lipinski definition) is 3. The SMILES string of the molecule is Cc1ccc(SCC(=O)Nc2c(C)cc(C)cc2C)nc1. The number of benzene rings is 1. The van der Waals surface area contributed by atoms with Crippen LogP contribution in [0.25, 0.3) is 0 Å². The highest BCUT2D eigenvalue weighted by Gasteiger charge is 2.09. The summed E-state index contributed by atoms with van der Waals surface area (Å²) in [5, 5.41) is 3.87. The molecule has 1 heterocycles. The van der Waals surface area contributed by atoms with Gasteiger partial charge in [-0.25, -0.2) is 4.98 Å². The van der Waals surface area contributed by atoms with Crippen LogP contribution in [0.3, 0.4) is 0 Å². The number of aromatic nitrogens is 1.